The van der Waals surface area contributed by atoms with E-state index in [-0.39, 0.29) is 11.3 Å². The Labute approximate surface area is 121 Å². The van der Waals surface area contributed by atoms with Crippen LogP contribution in [0.2, 0.25) is 0 Å². The molecule has 0 radical (unpaired) electrons. The second-order valence-electron chi connectivity index (χ2n) is 6.15. The summed E-state index contributed by atoms with van der Waals surface area (Å²) >= 11 is 0. The molecule has 0 atom stereocenters. The zero-order valence-electron chi connectivity index (χ0n) is 13.3. The van der Waals surface area contributed by atoms with E-state index in [4.69, 9.17) is 9.47 Å². The van der Waals surface area contributed by atoms with E-state index in [1.165, 1.54) is 0 Å². The molecule has 0 heterocycles. The summed E-state index contributed by atoms with van der Waals surface area (Å²) < 4.78 is 10.5. The molecule has 1 aromatic carbocycles. The Morgan fingerprint density at radius 3 is 2.20 bits per heavy atom. The minimum atomic E-state index is -0.00325. The number of hydrogen-bond acceptors (Lipinski definition) is 3. The fourth-order valence-corrected chi connectivity index (χ4v) is 1.95. The van der Waals surface area contributed by atoms with Crippen molar-refractivity contribution in [3.05, 3.63) is 23.3 Å². The SMILES string of the molecule is COc1cc(C)c(CNC(=O)CC(C)(C)C)cc1OC. The smallest absolute Gasteiger partial charge is 0.220 e. The molecule has 0 aliphatic carbocycles. The van der Waals surface area contributed by atoms with Crippen molar-refractivity contribution in [2.24, 2.45) is 5.41 Å². The fraction of sp³-hybridized carbons (Fsp3) is 0.562. The van der Waals surface area contributed by atoms with E-state index in [1.54, 1.807) is 14.2 Å². The van der Waals surface area contributed by atoms with Gasteiger partial charge < -0.3 is 14.8 Å². The molecule has 0 unspecified atom stereocenters. The Bertz CT molecular complexity index is 475. The number of hydrogen-bond donors (Lipinski definition) is 1. The van der Waals surface area contributed by atoms with Gasteiger partial charge in [-0.1, -0.05) is 20.8 Å². The molecular weight excluding hydrogens is 254 g/mol. The molecule has 0 spiro atoms. The van der Waals surface area contributed by atoms with E-state index < -0.39 is 0 Å². The normalized spacial score (nSPS) is 11.1. The molecular formula is C16H25NO3. The number of amides is 1. The first-order valence-corrected chi connectivity index (χ1v) is 6.75. The molecule has 0 bridgehead atoms. The van der Waals surface area contributed by atoms with Crippen molar-refractivity contribution in [2.45, 2.75) is 40.7 Å². The third-order valence-corrected chi connectivity index (χ3v) is 3.01. The fourth-order valence-electron chi connectivity index (χ4n) is 1.95. The largest absolute Gasteiger partial charge is 0.493 e. The molecule has 20 heavy (non-hydrogen) atoms. The first-order valence-electron chi connectivity index (χ1n) is 6.75. The summed E-state index contributed by atoms with van der Waals surface area (Å²) in [6, 6.07) is 3.83. The Morgan fingerprint density at radius 2 is 1.70 bits per heavy atom. The van der Waals surface area contributed by atoms with Gasteiger partial charge in [0.2, 0.25) is 5.91 Å². The van der Waals surface area contributed by atoms with Gasteiger partial charge >= 0.3 is 0 Å². The molecule has 0 fully saturated rings. The zero-order chi connectivity index (χ0) is 15.3. The van der Waals surface area contributed by atoms with Crippen LogP contribution in [-0.4, -0.2) is 20.1 Å². The lowest BCUT2D eigenvalue weighted by molar-refractivity contribution is -0.122. The minimum absolute atomic E-state index is 0.00325. The lowest BCUT2D eigenvalue weighted by Gasteiger charge is -2.18. The van der Waals surface area contributed by atoms with Crippen molar-refractivity contribution >= 4 is 5.91 Å². The second-order valence-corrected chi connectivity index (χ2v) is 6.15. The van der Waals surface area contributed by atoms with Crippen molar-refractivity contribution in [1.82, 2.24) is 5.32 Å². The number of aryl methyl sites for hydroxylation is 1. The maximum atomic E-state index is 11.9. The number of rotatable bonds is 5. The van der Waals surface area contributed by atoms with Crippen LogP contribution in [0.15, 0.2) is 12.1 Å². The monoisotopic (exact) mass is 279 g/mol. The lowest BCUT2D eigenvalue weighted by atomic mass is 9.92. The number of carbonyl (C=O) groups excluding carboxylic acids is 1. The molecule has 4 nitrogen and oxygen atoms in total. The first-order chi connectivity index (χ1) is 9.26. The van der Waals surface area contributed by atoms with Crippen molar-refractivity contribution < 1.29 is 14.3 Å². The van der Waals surface area contributed by atoms with Crippen LogP contribution in [0.25, 0.3) is 0 Å². The average molecular weight is 279 g/mol. The van der Waals surface area contributed by atoms with E-state index in [0.717, 1.165) is 11.1 Å². The van der Waals surface area contributed by atoms with Crippen LogP contribution < -0.4 is 14.8 Å². The number of benzene rings is 1. The predicted octanol–water partition coefficient (Wildman–Crippen LogP) is 3.06. The number of nitrogens with one attached hydrogen (secondary N) is 1. The zero-order valence-corrected chi connectivity index (χ0v) is 13.3. The predicted molar refractivity (Wildman–Crippen MR) is 80.2 cm³/mol. The molecule has 1 N–H and O–H groups in total. The van der Waals surface area contributed by atoms with Gasteiger partial charge in [0.1, 0.15) is 0 Å². The highest BCUT2D eigenvalue weighted by Gasteiger charge is 2.16. The molecule has 1 rings (SSSR count). The van der Waals surface area contributed by atoms with Gasteiger partial charge in [-0.25, -0.2) is 0 Å². The van der Waals surface area contributed by atoms with Crippen LogP contribution in [0, 0.1) is 12.3 Å². The highest BCUT2D eigenvalue weighted by molar-refractivity contribution is 5.76. The van der Waals surface area contributed by atoms with E-state index >= 15 is 0 Å². The summed E-state index contributed by atoms with van der Waals surface area (Å²) in [5, 5.41) is 2.95. The van der Waals surface area contributed by atoms with Crippen LogP contribution >= 0.6 is 0 Å². The van der Waals surface area contributed by atoms with Gasteiger partial charge in [0.05, 0.1) is 14.2 Å². The maximum absolute atomic E-state index is 11.9. The van der Waals surface area contributed by atoms with Gasteiger partial charge in [0.25, 0.3) is 0 Å². The van der Waals surface area contributed by atoms with Gasteiger partial charge in [-0.15, -0.1) is 0 Å². The Balaban J connectivity index is 2.76. The third kappa shape index (κ3) is 4.76. The molecule has 0 aliphatic rings. The van der Waals surface area contributed by atoms with E-state index in [9.17, 15) is 4.79 Å². The first kappa shape index (κ1) is 16.3. The molecule has 0 aliphatic heterocycles. The minimum Gasteiger partial charge on any atom is -0.493 e. The standard InChI is InChI=1S/C16H25NO3/c1-11-7-13(19-5)14(20-6)8-12(11)10-17-15(18)9-16(2,3)4/h7-8H,9-10H2,1-6H3,(H,17,18). The van der Waals surface area contributed by atoms with Crippen molar-refractivity contribution in [2.75, 3.05) is 14.2 Å². The Morgan fingerprint density at radius 1 is 1.15 bits per heavy atom. The number of carbonyl (C=O) groups is 1. The topological polar surface area (TPSA) is 47.6 Å². The van der Waals surface area contributed by atoms with Gasteiger partial charge in [0, 0.05) is 13.0 Å². The van der Waals surface area contributed by atoms with Crippen molar-refractivity contribution in [1.29, 1.82) is 0 Å². The van der Waals surface area contributed by atoms with Crippen LogP contribution in [0.5, 0.6) is 11.5 Å². The van der Waals surface area contributed by atoms with E-state index in [0.29, 0.717) is 24.5 Å². The van der Waals surface area contributed by atoms with Crippen LogP contribution in [0.4, 0.5) is 0 Å². The molecule has 4 heteroatoms. The molecule has 0 saturated carbocycles. The van der Waals surface area contributed by atoms with Crippen LogP contribution in [-0.2, 0) is 11.3 Å². The summed E-state index contributed by atoms with van der Waals surface area (Å²) in [6.07, 6.45) is 0.513. The summed E-state index contributed by atoms with van der Waals surface area (Å²) in [5.41, 5.74) is 2.10. The lowest BCUT2D eigenvalue weighted by Crippen LogP contribution is -2.27. The average Bonchev–Trinajstić information content (AvgIpc) is 2.34. The van der Waals surface area contributed by atoms with Gasteiger partial charge in [-0.3, -0.25) is 4.79 Å². The van der Waals surface area contributed by atoms with E-state index in [2.05, 4.69) is 5.32 Å². The Hall–Kier alpha value is -1.71. The van der Waals surface area contributed by atoms with Gasteiger partial charge in [-0.2, -0.15) is 0 Å². The van der Waals surface area contributed by atoms with Crippen LogP contribution in [0.1, 0.15) is 38.3 Å². The summed E-state index contributed by atoms with van der Waals surface area (Å²) in [5.74, 6) is 1.44. The summed E-state index contributed by atoms with van der Waals surface area (Å²) in [6.45, 7) is 8.64. The van der Waals surface area contributed by atoms with Crippen molar-refractivity contribution in [3.8, 4) is 11.5 Å². The molecule has 0 saturated heterocycles. The van der Waals surface area contributed by atoms with Crippen molar-refractivity contribution in [3.63, 3.8) is 0 Å². The number of methoxy groups -OCH3 is 2. The highest BCUT2D eigenvalue weighted by Crippen LogP contribution is 2.30. The number of ether oxygens (including phenoxy) is 2. The van der Waals surface area contributed by atoms with Gasteiger partial charge in [0.15, 0.2) is 11.5 Å². The third-order valence-electron chi connectivity index (χ3n) is 3.01. The molecule has 1 aromatic rings. The maximum Gasteiger partial charge on any atom is 0.220 e. The van der Waals surface area contributed by atoms with Gasteiger partial charge in [-0.05, 0) is 35.6 Å². The van der Waals surface area contributed by atoms with Crippen LogP contribution in [0.3, 0.4) is 0 Å². The summed E-state index contributed by atoms with van der Waals surface area (Å²) in [7, 11) is 3.22. The van der Waals surface area contributed by atoms with E-state index in [1.807, 2.05) is 39.8 Å². The molecule has 0 aromatic heterocycles. The molecule has 1 amide bonds. The molecule has 112 valence electrons. The summed E-state index contributed by atoms with van der Waals surface area (Å²) in [4.78, 5) is 11.9. The highest BCUT2D eigenvalue weighted by atomic mass is 16.5. The Kier molecular flexibility index (Phi) is 5.43. The quantitative estimate of drug-likeness (QED) is 0.901. The second kappa shape index (κ2) is 6.64.